The summed E-state index contributed by atoms with van der Waals surface area (Å²) in [5.41, 5.74) is 0.934. The Morgan fingerprint density at radius 2 is 2.06 bits per heavy atom. The van der Waals surface area contributed by atoms with E-state index in [1.807, 2.05) is 41.8 Å². The van der Waals surface area contributed by atoms with Gasteiger partial charge in [-0.2, -0.15) is 0 Å². The quantitative estimate of drug-likeness (QED) is 0.715. The van der Waals surface area contributed by atoms with Crippen molar-refractivity contribution in [2.24, 2.45) is 0 Å². The van der Waals surface area contributed by atoms with Crippen molar-refractivity contribution in [3.8, 4) is 0 Å². The minimum atomic E-state index is -0.0101. The number of carbonyl (C=O) groups is 1. The van der Waals surface area contributed by atoms with Crippen molar-refractivity contribution < 1.29 is 4.79 Å². The molecule has 0 unspecified atom stereocenters. The summed E-state index contributed by atoms with van der Waals surface area (Å²) in [6.07, 6.45) is 0. The summed E-state index contributed by atoms with van der Waals surface area (Å²) in [5.74, 6) is -0.0101. The molecule has 1 amide bonds. The number of aromatic nitrogens is 1. The molecule has 0 aliphatic carbocycles. The molecule has 2 heterocycles. The number of hydrogen-bond donors (Lipinski definition) is 0. The Morgan fingerprint density at radius 1 is 1.22 bits per heavy atom. The van der Waals surface area contributed by atoms with Gasteiger partial charge in [0, 0.05) is 7.05 Å². The number of thiophene rings is 1. The first-order chi connectivity index (χ1) is 8.75. The lowest BCUT2D eigenvalue weighted by Crippen LogP contribution is -2.25. The Bertz CT molecular complexity index is 655. The van der Waals surface area contributed by atoms with E-state index in [2.05, 4.69) is 4.98 Å². The molecule has 1 aromatic carbocycles. The highest BCUT2D eigenvalue weighted by Gasteiger charge is 2.17. The van der Waals surface area contributed by atoms with Crippen molar-refractivity contribution in [2.75, 3.05) is 11.9 Å². The van der Waals surface area contributed by atoms with Crippen molar-refractivity contribution in [3.63, 3.8) is 0 Å². The van der Waals surface area contributed by atoms with Crippen molar-refractivity contribution in [2.45, 2.75) is 0 Å². The molecule has 0 fully saturated rings. The summed E-state index contributed by atoms with van der Waals surface area (Å²) in [4.78, 5) is 19.0. The van der Waals surface area contributed by atoms with Crippen molar-refractivity contribution >= 4 is 43.9 Å². The van der Waals surface area contributed by atoms with Gasteiger partial charge < -0.3 is 0 Å². The molecule has 5 heteroatoms. The molecule has 0 saturated carbocycles. The third kappa shape index (κ3) is 1.91. The fourth-order valence-corrected chi connectivity index (χ4v) is 3.28. The van der Waals surface area contributed by atoms with E-state index in [4.69, 9.17) is 0 Å². The first-order valence-corrected chi connectivity index (χ1v) is 7.12. The van der Waals surface area contributed by atoms with E-state index in [1.165, 1.54) is 22.7 Å². The Balaban J connectivity index is 1.96. The molecule has 0 saturated heterocycles. The number of fused-ring (bicyclic) bond motifs is 1. The molecular formula is C13H10N2OS2. The van der Waals surface area contributed by atoms with E-state index in [1.54, 1.807) is 11.9 Å². The minimum Gasteiger partial charge on any atom is -0.286 e. The number of rotatable bonds is 2. The number of para-hydroxylation sites is 1. The first kappa shape index (κ1) is 11.4. The lowest BCUT2D eigenvalue weighted by Gasteiger charge is -2.11. The second-order valence-electron chi connectivity index (χ2n) is 3.81. The fraction of sp³-hybridized carbons (Fsp3) is 0.0769. The predicted octanol–water partition coefficient (Wildman–Crippen LogP) is 3.63. The van der Waals surface area contributed by atoms with Crippen LogP contribution < -0.4 is 4.90 Å². The summed E-state index contributed by atoms with van der Waals surface area (Å²) >= 11 is 2.98. The maximum Gasteiger partial charge on any atom is 0.269 e. The molecule has 18 heavy (non-hydrogen) atoms. The van der Waals surface area contributed by atoms with Crippen LogP contribution in [-0.2, 0) is 0 Å². The van der Waals surface area contributed by atoms with Crippen LogP contribution in [0.3, 0.4) is 0 Å². The summed E-state index contributed by atoms with van der Waals surface area (Å²) in [5, 5.41) is 2.63. The van der Waals surface area contributed by atoms with Crippen LogP contribution in [0.25, 0.3) is 10.2 Å². The van der Waals surface area contributed by atoms with E-state index in [9.17, 15) is 4.79 Å². The number of hydrogen-bond acceptors (Lipinski definition) is 4. The second kappa shape index (κ2) is 4.51. The maximum absolute atomic E-state index is 12.2. The van der Waals surface area contributed by atoms with Crippen LogP contribution in [-0.4, -0.2) is 17.9 Å². The zero-order valence-corrected chi connectivity index (χ0v) is 11.3. The third-order valence-electron chi connectivity index (χ3n) is 2.61. The van der Waals surface area contributed by atoms with Gasteiger partial charge >= 0.3 is 0 Å². The van der Waals surface area contributed by atoms with Crippen LogP contribution >= 0.6 is 22.7 Å². The Hall–Kier alpha value is -1.72. The lowest BCUT2D eigenvalue weighted by atomic mass is 10.3. The van der Waals surface area contributed by atoms with E-state index in [0.717, 1.165) is 20.2 Å². The lowest BCUT2D eigenvalue weighted by molar-refractivity contribution is 0.0997. The van der Waals surface area contributed by atoms with E-state index >= 15 is 0 Å². The number of carbonyl (C=O) groups excluding carboxylic acids is 1. The van der Waals surface area contributed by atoms with Gasteiger partial charge in [-0.05, 0) is 23.6 Å². The molecule has 0 bridgehead atoms. The molecule has 3 rings (SSSR count). The Labute approximate surface area is 112 Å². The third-order valence-corrected chi connectivity index (χ3v) is 4.58. The summed E-state index contributed by atoms with van der Waals surface area (Å²) in [6, 6.07) is 11.6. The smallest absolute Gasteiger partial charge is 0.269 e. The van der Waals surface area contributed by atoms with Crippen molar-refractivity contribution in [3.05, 3.63) is 46.7 Å². The van der Waals surface area contributed by atoms with Gasteiger partial charge in [0.25, 0.3) is 5.91 Å². The number of thiazole rings is 1. The van der Waals surface area contributed by atoms with Crippen LogP contribution in [0.15, 0.2) is 41.8 Å². The van der Waals surface area contributed by atoms with E-state index < -0.39 is 0 Å². The van der Waals surface area contributed by atoms with Crippen LogP contribution in [0.2, 0.25) is 0 Å². The Morgan fingerprint density at radius 3 is 2.78 bits per heavy atom. The molecule has 3 nitrogen and oxygen atoms in total. The average Bonchev–Trinajstić information content (AvgIpc) is 3.05. The normalized spacial score (nSPS) is 10.7. The highest BCUT2D eigenvalue weighted by molar-refractivity contribution is 7.22. The summed E-state index contributed by atoms with van der Waals surface area (Å²) < 4.78 is 1.10. The molecule has 90 valence electrons. The zero-order valence-electron chi connectivity index (χ0n) is 9.66. The van der Waals surface area contributed by atoms with Gasteiger partial charge in [0.2, 0.25) is 0 Å². The van der Waals surface area contributed by atoms with Gasteiger partial charge in [0.15, 0.2) is 5.13 Å². The van der Waals surface area contributed by atoms with Gasteiger partial charge in [-0.25, -0.2) is 4.98 Å². The second-order valence-corrected chi connectivity index (χ2v) is 5.76. The highest BCUT2D eigenvalue weighted by Crippen LogP contribution is 2.28. The molecule has 0 N–H and O–H groups in total. The average molecular weight is 274 g/mol. The van der Waals surface area contributed by atoms with Crippen molar-refractivity contribution in [1.29, 1.82) is 0 Å². The molecular weight excluding hydrogens is 264 g/mol. The monoisotopic (exact) mass is 274 g/mol. The highest BCUT2D eigenvalue weighted by atomic mass is 32.1. The Kier molecular flexibility index (Phi) is 2.85. The molecule has 2 aromatic heterocycles. The summed E-state index contributed by atoms with van der Waals surface area (Å²) in [6.45, 7) is 0. The maximum atomic E-state index is 12.2. The molecule has 0 aliphatic heterocycles. The topological polar surface area (TPSA) is 33.2 Å². The largest absolute Gasteiger partial charge is 0.286 e. The molecule has 0 radical (unpaired) electrons. The van der Waals surface area contributed by atoms with Crippen LogP contribution in [0.1, 0.15) is 9.67 Å². The van der Waals surface area contributed by atoms with E-state index in [0.29, 0.717) is 0 Å². The van der Waals surface area contributed by atoms with Gasteiger partial charge in [-0.15, -0.1) is 11.3 Å². The van der Waals surface area contributed by atoms with Gasteiger partial charge in [-0.3, -0.25) is 9.69 Å². The molecule has 0 atom stereocenters. The van der Waals surface area contributed by atoms with Gasteiger partial charge in [0.05, 0.1) is 15.1 Å². The predicted molar refractivity (Wildman–Crippen MR) is 76.7 cm³/mol. The van der Waals surface area contributed by atoms with Crippen molar-refractivity contribution in [1.82, 2.24) is 4.98 Å². The van der Waals surface area contributed by atoms with Gasteiger partial charge in [0.1, 0.15) is 0 Å². The number of anilines is 1. The number of benzene rings is 1. The minimum absolute atomic E-state index is 0.0101. The fourth-order valence-electron chi connectivity index (χ4n) is 1.66. The number of amides is 1. The van der Waals surface area contributed by atoms with Crippen LogP contribution in [0.4, 0.5) is 5.13 Å². The molecule has 3 aromatic rings. The van der Waals surface area contributed by atoms with Crippen LogP contribution in [0.5, 0.6) is 0 Å². The summed E-state index contributed by atoms with van der Waals surface area (Å²) in [7, 11) is 1.76. The van der Waals surface area contributed by atoms with Crippen LogP contribution in [0, 0.1) is 0 Å². The SMILES string of the molecule is CN(C(=O)c1cccs1)c1nc2ccccc2s1. The number of nitrogens with zero attached hydrogens (tertiary/aromatic N) is 2. The standard InChI is InChI=1S/C13H10N2OS2/c1-15(12(16)11-7-4-8-17-11)13-14-9-5-2-3-6-10(9)18-13/h2-8H,1H3. The first-order valence-electron chi connectivity index (χ1n) is 5.43. The van der Waals surface area contributed by atoms with E-state index in [-0.39, 0.29) is 5.91 Å². The molecule has 0 spiro atoms. The van der Waals surface area contributed by atoms with Gasteiger partial charge in [-0.1, -0.05) is 29.5 Å². The zero-order chi connectivity index (χ0) is 12.5. The molecule has 0 aliphatic rings.